The van der Waals surface area contributed by atoms with Gasteiger partial charge < -0.3 is 23.7 Å². The van der Waals surface area contributed by atoms with Crippen LogP contribution in [-0.2, 0) is 10.8 Å². The minimum Gasteiger partial charge on any atom is -0.497 e. The van der Waals surface area contributed by atoms with Gasteiger partial charge in [-0.3, -0.25) is 4.79 Å². The van der Waals surface area contributed by atoms with Crippen molar-refractivity contribution in [2.45, 2.75) is 84.0 Å². The molecule has 368 valence electrons. The van der Waals surface area contributed by atoms with Gasteiger partial charge in [-0.1, -0.05) is 93.8 Å². The SMILES string of the molecule is CCC(C)(c1ccc(OC)cc1)c1ccc(OC(=O)c2ccc3cc(C(=O)Oc4ccc(C5(c6ccc(OC(=O)c7ccc(Oc8ccc(C(C)=O)cc8)cc7)c(C)c6)CCCCC5)cc4C)ccc3c2)cc1. The summed E-state index contributed by atoms with van der Waals surface area (Å²) in [7, 11) is 1.66. The van der Waals surface area contributed by atoms with Crippen LogP contribution in [-0.4, -0.2) is 30.8 Å². The highest BCUT2D eigenvalue weighted by molar-refractivity contribution is 6.00. The molecule has 73 heavy (non-hydrogen) atoms. The molecule has 0 N–H and O–H groups in total. The average molecular weight is 971 g/mol. The highest BCUT2D eigenvalue weighted by Crippen LogP contribution is 2.47. The summed E-state index contributed by atoms with van der Waals surface area (Å²) in [5, 5.41) is 1.57. The maximum atomic E-state index is 13.7. The lowest BCUT2D eigenvalue weighted by Gasteiger charge is -2.39. The standard InChI is InChI=1S/C64H58O9/c1-7-63(5,50-19-29-54(69-6)30-20-50)51-21-31-57(32-22-51)71-61(67)48-13-11-47-40-49(14-12-46(47)39-48)62(68)73-59-34-24-53(38-42(59)3)64(35-9-8-10-36-64)52-23-33-58(41(2)37-52)72-60(66)45-17-27-56(28-18-45)70-55-25-15-44(16-26-55)43(4)65/h11-34,37-40H,7-10,35-36H2,1-6H3. The molecule has 1 unspecified atom stereocenters. The normalized spacial score (nSPS) is 13.8. The molecule has 1 atom stereocenters. The van der Waals surface area contributed by atoms with Gasteiger partial charge in [-0.2, -0.15) is 0 Å². The second-order valence-corrected chi connectivity index (χ2v) is 19.2. The molecule has 8 aromatic rings. The van der Waals surface area contributed by atoms with Crippen LogP contribution in [0.3, 0.4) is 0 Å². The lowest BCUT2D eigenvalue weighted by atomic mass is 9.65. The number of carbonyl (C=O) groups excluding carboxylic acids is 4. The van der Waals surface area contributed by atoms with E-state index in [1.807, 2.05) is 74.5 Å². The number of ether oxygens (including phenoxy) is 5. The van der Waals surface area contributed by atoms with Crippen LogP contribution in [0.5, 0.6) is 34.5 Å². The number of ketones is 1. The van der Waals surface area contributed by atoms with Crippen molar-refractivity contribution in [1.82, 2.24) is 0 Å². The predicted molar refractivity (Wildman–Crippen MR) is 284 cm³/mol. The van der Waals surface area contributed by atoms with Crippen LogP contribution in [0, 0.1) is 13.8 Å². The Bertz CT molecular complexity index is 3330. The third-order valence-corrected chi connectivity index (χ3v) is 14.6. The van der Waals surface area contributed by atoms with Gasteiger partial charge >= 0.3 is 17.9 Å². The average Bonchev–Trinajstić information content (AvgIpc) is 3.42. The zero-order valence-electron chi connectivity index (χ0n) is 42.1. The van der Waals surface area contributed by atoms with Crippen LogP contribution in [0.1, 0.15) is 134 Å². The number of hydrogen-bond donors (Lipinski definition) is 0. The summed E-state index contributed by atoms with van der Waals surface area (Å²) in [4.78, 5) is 51.9. The van der Waals surface area contributed by atoms with E-state index in [-0.39, 0.29) is 16.6 Å². The highest BCUT2D eigenvalue weighted by Gasteiger charge is 2.37. The van der Waals surface area contributed by atoms with Gasteiger partial charge in [0.05, 0.1) is 23.8 Å². The number of Topliss-reactive ketones (excluding diaryl/α,β-unsaturated/α-hetero) is 1. The zero-order valence-corrected chi connectivity index (χ0v) is 42.1. The Morgan fingerprint density at radius 1 is 0.479 bits per heavy atom. The third-order valence-electron chi connectivity index (χ3n) is 14.6. The number of methoxy groups -OCH3 is 1. The molecule has 1 saturated carbocycles. The maximum absolute atomic E-state index is 13.7. The fraction of sp³-hybridized carbons (Fsp3) is 0.219. The first-order valence-electron chi connectivity index (χ1n) is 24.8. The molecular weight excluding hydrogens is 913 g/mol. The fourth-order valence-electron chi connectivity index (χ4n) is 9.98. The van der Waals surface area contributed by atoms with Gasteiger partial charge in [-0.25, -0.2) is 14.4 Å². The largest absolute Gasteiger partial charge is 0.497 e. The Balaban J connectivity index is 0.837. The van der Waals surface area contributed by atoms with E-state index in [2.05, 4.69) is 50.2 Å². The molecule has 1 fully saturated rings. The smallest absolute Gasteiger partial charge is 0.343 e. The van der Waals surface area contributed by atoms with Gasteiger partial charge in [0.15, 0.2) is 5.78 Å². The lowest BCUT2D eigenvalue weighted by molar-refractivity contribution is 0.0724. The van der Waals surface area contributed by atoms with Crippen LogP contribution in [0.4, 0.5) is 0 Å². The van der Waals surface area contributed by atoms with Crippen molar-refractivity contribution in [3.8, 4) is 34.5 Å². The van der Waals surface area contributed by atoms with Crippen molar-refractivity contribution in [1.29, 1.82) is 0 Å². The van der Waals surface area contributed by atoms with E-state index in [9.17, 15) is 19.2 Å². The second kappa shape index (κ2) is 21.2. The fourth-order valence-corrected chi connectivity index (χ4v) is 9.98. The van der Waals surface area contributed by atoms with Crippen molar-refractivity contribution in [2.24, 2.45) is 0 Å². The molecule has 8 aromatic carbocycles. The summed E-state index contributed by atoms with van der Waals surface area (Å²) >= 11 is 0. The summed E-state index contributed by atoms with van der Waals surface area (Å²) in [5.74, 6) is 1.91. The summed E-state index contributed by atoms with van der Waals surface area (Å²) in [6, 6.07) is 52.2. The molecule has 9 heteroatoms. The van der Waals surface area contributed by atoms with Crippen LogP contribution in [0.25, 0.3) is 10.8 Å². The van der Waals surface area contributed by atoms with Crippen LogP contribution in [0.2, 0.25) is 0 Å². The zero-order chi connectivity index (χ0) is 51.3. The maximum Gasteiger partial charge on any atom is 0.343 e. The number of benzene rings is 8. The van der Waals surface area contributed by atoms with Crippen molar-refractivity contribution in [3.63, 3.8) is 0 Å². The Kier molecular flexibility index (Phi) is 14.4. The van der Waals surface area contributed by atoms with Gasteiger partial charge in [0.2, 0.25) is 0 Å². The third kappa shape index (κ3) is 10.7. The van der Waals surface area contributed by atoms with Crippen molar-refractivity contribution in [3.05, 3.63) is 225 Å². The number of aryl methyl sites for hydroxylation is 2. The summed E-state index contributed by atoms with van der Waals surface area (Å²) in [5.41, 5.74) is 7.53. The minimum absolute atomic E-state index is 0.0176. The molecule has 0 aromatic heterocycles. The number of hydrogen-bond acceptors (Lipinski definition) is 9. The van der Waals surface area contributed by atoms with Gasteiger partial charge in [0.25, 0.3) is 0 Å². The Labute approximate surface area is 426 Å². The molecule has 0 aliphatic heterocycles. The number of fused-ring (bicyclic) bond motifs is 1. The number of rotatable bonds is 15. The quantitative estimate of drug-likeness (QED) is 0.0563. The van der Waals surface area contributed by atoms with Crippen molar-refractivity contribution >= 4 is 34.5 Å². The van der Waals surface area contributed by atoms with Gasteiger partial charge in [-0.05, 0) is 193 Å². The minimum atomic E-state index is -0.481. The Morgan fingerprint density at radius 3 is 1.36 bits per heavy atom. The molecule has 0 amide bonds. The Hall–Kier alpha value is -8.30. The number of esters is 3. The molecule has 1 aliphatic carbocycles. The first kappa shape index (κ1) is 49.7. The van der Waals surface area contributed by atoms with E-state index in [1.165, 1.54) is 12.5 Å². The lowest BCUT2D eigenvalue weighted by Crippen LogP contribution is -2.30. The van der Waals surface area contributed by atoms with Crippen molar-refractivity contribution < 1.29 is 42.9 Å². The second-order valence-electron chi connectivity index (χ2n) is 19.2. The molecule has 0 saturated heterocycles. The molecule has 0 spiro atoms. The van der Waals surface area contributed by atoms with E-state index in [1.54, 1.807) is 79.9 Å². The van der Waals surface area contributed by atoms with E-state index in [0.29, 0.717) is 51.0 Å². The van der Waals surface area contributed by atoms with Crippen molar-refractivity contribution in [2.75, 3.05) is 7.11 Å². The molecule has 0 heterocycles. The van der Waals surface area contributed by atoms with E-state index < -0.39 is 17.9 Å². The van der Waals surface area contributed by atoms with E-state index in [0.717, 1.165) is 82.9 Å². The molecular formula is C64H58O9. The predicted octanol–water partition coefficient (Wildman–Crippen LogP) is 15.1. The highest BCUT2D eigenvalue weighted by atomic mass is 16.5. The van der Waals surface area contributed by atoms with E-state index >= 15 is 0 Å². The van der Waals surface area contributed by atoms with Crippen LogP contribution >= 0.6 is 0 Å². The van der Waals surface area contributed by atoms with Gasteiger partial charge in [0, 0.05) is 16.4 Å². The van der Waals surface area contributed by atoms with Gasteiger partial charge in [-0.15, -0.1) is 0 Å². The molecule has 1 aliphatic rings. The first-order valence-corrected chi connectivity index (χ1v) is 24.8. The van der Waals surface area contributed by atoms with Gasteiger partial charge in [0.1, 0.15) is 34.5 Å². The van der Waals surface area contributed by atoms with Crippen LogP contribution < -0.4 is 23.7 Å². The molecule has 9 rings (SSSR count). The Morgan fingerprint density at radius 2 is 0.904 bits per heavy atom. The summed E-state index contributed by atoms with van der Waals surface area (Å²) in [6.45, 7) is 9.80. The molecule has 9 nitrogen and oxygen atoms in total. The monoisotopic (exact) mass is 970 g/mol. The topological polar surface area (TPSA) is 114 Å². The molecule has 0 bridgehead atoms. The number of carbonyl (C=O) groups is 4. The molecule has 0 radical (unpaired) electrons. The van der Waals surface area contributed by atoms with E-state index in [4.69, 9.17) is 23.7 Å². The van der Waals surface area contributed by atoms with Crippen LogP contribution in [0.15, 0.2) is 170 Å². The summed E-state index contributed by atoms with van der Waals surface area (Å²) < 4.78 is 29.0. The first-order chi connectivity index (χ1) is 35.2. The summed E-state index contributed by atoms with van der Waals surface area (Å²) in [6.07, 6.45) is 6.07.